The molecule has 1 aromatic heterocycles. The third-order valence-corrected chi connectivity index (χ3v) is 2.59. The Morgan fingerprint density at radius 1 is 1.62 bits per heavy atom. The first-order valence-corrected chi connectivity index (χ1v) is 5.36. The number of ether oxygens (including phenoxy) is 1. The Kier molecular flexibility index (Phi) is 3.71. The maximum atomic E-state index is 10.8. The number of piperazine rings is 1. The zero-order valence-corrected chi connectivity index (χ0v) is 9.00. The standard InChI is InChI=1S/C11H15N3O2/c15-9-14-6-5-12-7-10(14)8-16-11-3-1-2-4-13-11/h1-4,9-10,12H,5-8H2. The Labute approximate surface area is 94.4 Å². The molecule has 1 N–H and O–H groups in total. The molecule has 1 atom stereocenters. The van der Waals surface area contributed by atoms with Gasteiger partial charge in [0.05, 0.1) is 6.04 Å². The second-order valence-corrected chi connectivity index (χ2v) is 3.68. The molecule has 0 aliphatic carbocycles. The molecule has 86 valence electrons. The van der Waals surface area contributed by atoms with Gasteiger partial charge in [0, 0.05) is 31.9 Å². The summed E-state index contributed by atoms with van der Waals surface area (Å²) in [6.45, 7) is 2.83. The van der Waals surface area contributed by atoms with E-state index in [0.29, 0.717) is 12.5 Å². The van der Waals surface area contributed by atoms with E-state index in [1.807, 2.05) is 18.2 Å². The molecule has 2 rings (SSSR count). The van der Waals surface area contributed by atoms with E-state index in [1.165, 1.54) is 0 Å². The third kappa shape index (κ3) is 2.70. The van der Waals surface area contributed by atoms with Gasteiger partial charge in [0.1, 0.15) is 6.61 Å². The van der Waals surface area contributed by atoms with Crippen molar-refractivity contribution in [2.75, 3.05) is 26.2 Å². The van der Waals surface area contributed by atoms with Crippen LogP contribution in [0.2, 0.25) is 0 Å². The van der Waals surface area contributed by atoms with Crippen LogP contribution in [0.5, 0.6) is 5.88 Å². The maximum Gasteiger partial charge on any atom is 0.213 e. The van der Waals surface area contributed by atoms with Crippen LogP contribution in [0.1, 0.15) is 0 Å². The van der Waals surface area contributed by atoms with E-state index in [-0.39, 0.29) is 6.04 Å². The van der Waals surface area contributed by atoms with Crippen LogP contribution in [-0.4, -0.2) is 48.6 Å². The number of aromatic nitrogens is 1. The van der Waals surface area contributed by atoms with E-state index in [1.54, 1.807) is 11.1 Å². The first kappa shape index (κ1) is 10.9. The maximum absolute atomic E-state index is 10.8. The molecule has 1 fully saturated rings. The Balaban J connectivity index is 1.86. The van der Waals surface area contributed by atoms with E-state index in [2.05, 4.69) is 10.3 Å². The van der Waals surface area contributed by atoms with Gasteiger partial charge in [0.25, 0.3) is 0 Å². The van der Waals surface area contributed by atoms with Crippen LogP contribution >= 0.6 is 0 Å². The summed E-state index contributed by atoms with van der Waals surface area (Å²) in [5, 5.41) is 3.23. The molecule has 1 aliphatic rings. The van der Waals surface area contributed by atoms with Crippen molar-refractivity contribution in [1.82, 2.24) is 15.2 Å². The summed E-state index contributed by atoms with van der Waals surface area (Å²) < 4.78 is 5.53. The number of carbonyl (C=O) groups is 1. The fourth-order valence-corrected chi connectivity index (χ4v) is 1.68. The van der Waals surface area contributed by atoms with Crippen molar-refractivity contribution in [3.63, 3.8) is 0 Å². The normalized spacial score (nSPS) is 20.5. The summed E-state index contributed by atoms with van der Waals surface area (Å²) in [6, 6.07) is 5.61. The van der Waals surface area contributed by atoms with Crippen LogP contribution in [-0.2, 0) is 4.79 Å². The van der Waals surface area contributed by atoms with Gasteiger partial charge < -0.3 is 15.0 Å². The van der Waals surface area contributed by atoms with Crippen molar-refractivity contribution in [1.29, 1.82) is 0 Å². The van der Waals surface area contributed by atoms with E-state index in [0.717, 1.165) is 26.0 Å². The second-order valence-electron chi connectivity index (χ2n) is 3.68. The fraction of sp³-hybridized carbons (Fsp3) is 0.455. The average Bonchev–Trinajstić information content (AvgIpc) is 2.38. The molecule has 0 aromatic carbocycles. The van der Waals surface area contributed by atoms with E-state index >= 15 is 0 Å². The van der Waals surface area contributed by atoms with Crippen LogP contribution < -0.4 is 10.1 Å². The highest BCUT2D eigenvalue weighted by Gasteiger charge is 2.21. The molecule has 1 saturated heterocycles. The average molecular weight is 221 g/mol. The number of nitrogens with one attached hydrogen (secondary N) is 1. The molecule has 1 amide bonds. The molecule has 2 heterocycles. The molecule has 1 aliphatic heterocycles. The number of rotatable bonds is 4. The van der Waals surface area contributed by atoms with Crippen molar-refractivity contribution >= 4 is 6.41 Å². The lowest BCUT2D eigenvalue weighted by atomic mass is 10.2. The van der Waals surface area contributed by atoms with Gasteiger partial charge in [0.2, 0.25) is 12.3 Å². The van der Waals surface area contributed by atoms with E-state index in [9.17, 15) is 4.79 Å². The van der Waals surface area contributed by atoms with Crippen molar-refractivity contribution < 1.29 is 9.53 Å². The lowest BCUT2D eigenvalue weighted by Crippen LogP contribution is -2.53. The fourth-order valence-electron chi connectivity index (χ4n) is 1.68. The number of amides is 1. The van der Waals surface area contributed by atoms with Gasteiger partial charge >= 0.3 is 0 Å². The zero-order chi connectivity index (χ0) is 11.2. The van der Waals surface area contributed by atoms with Crippen molar-refractivity contribution in [2.45, 2.75) is 6.04 Å². The largest absolute Gasteiger partial charge is 0.475 e. The van der Waals surface area contributed by atoms with Gasteiger partial charge in [-0.05, 0) is 6.07 Å². The highest BCUT2D eigenvalue weighted by Crippen LogP contribution is 2.06. The summed E-state index contributed by atoms with van der Waals surface area (Å²) >= 11 is 0. The predicted octanol–water partition coefficient (Wildman–Crippen LogP) is -0.109. The molecule has 0 saturated carbocycles. The minimum absolute atomic E-state index is 0.0910. The Morgan fingerprint density at radius 2 is 2.56 bits per heavy atom. The summed E-state index contributed by atoms with van der Waals surface area (Å²) in [5.41, 5.74) is 0. The van der Waals surface area contributed by atoms with Crippen LogP contribution in [0.15, 0.2) is 24.4 Å². The van der Waals surface area contributed by atoms with Gasteiger partial charge in [-0.3, -0.25) is 4.79 Å². The third-order valence-electron chi connectivity index (χ3n) is 2.59. The van der Waals surface area contributed by atoms with Crippen LogP contribution in [0.25, 0.3) is 0 Å². The van der Waals surface area contributed by atoms with Gasteiger partial charge in [-0.15, -0.1) is 0 Å². The minimum Gasteiger partial charge on any atom is -0.475 e. The molecule has 1 unspecified atom stereocenters. The monoisotopic (exact) mass is 221 g/mol. The first-order chi connectivity index (χ1) is 7.90. The van der Waals surface area contributed by atoms with Crippen molar-refractivity contribution in [3.05, 3.63) is 24.4 Å². The van der Waals surface area contributed by atoms with Crippen molar-refractivity contribution in [3.8, 4) is 5.88 Å². The number of hydrogen-bond donors (Lipinski definition) is 1. The first-order valence-electron chi connectivity index (χ1n) is 5.36. The van der Waals surface area contributed by atoms with Crippen LogP contribution in [0.4, 0.5) is 0 Å². The molecule has 0 spiro atoms. The van der Waals surface area contributed by atoms with Gasteiger partial charge in [-0.25, -0.2) is 4.98 Å². The van der Waals surface area contributed by atoms with Crippen molar-refractivity contribution in [2.24, 2.45) is 0 Å². The molecule has 0 radical (unpaired) electrons. The van der Waals surface area contributed by atoms with Gasteiger partial charge in [-0.2, -0.15) is 0 Å². The number of carbonyl (C=O) groups excluding carboxylic acids is 1. The SMILES string of the molecule is O=CN1CCNCC1COc1ccccn1. The zero-order valence-electron chi connectivity index (χ0n) is 9.00. The van der Waals surface area contributed by atoms with Crippen LogP contribution in [0, 0.1) is 0 Å². The van der Waals surface area contributed by atoms with E-state index in [4.69, 9.17) is 4.74 Å². The quantitative estimate of drug-likeness (QED) is 0.721. The van der Waals surface area contributed by atoms with Gasteiger partial charge in [0.15, 0.2) is 0 Å². The summed E-state index contributed by atoms with van der Waals surface area (Å²) in [6.07, 6.45) is 2.57. The Morgan fingerprint density at radius 3 is 3.31 bits per heavy atom. The van der Waals surface area contributed by atoms with Crippen LogP contribution in [0.3, 0.4) is 0 Å². The number of nitrogens with zero attached hydrogens (tertiary/aromatic N) is 2. The number of hydrogen-bond acceptors (Lipinski definition) is 4. The summed E-state index contributed by atoms with van der Waals surface area (Å²) in [7, 11) is 0. The lowest BCUT2D eigenvalue weighted by Gasteiger charge is -2.32. The minimum atomic E-state index is 0.0910. The second kappa shape index (κ2) is 5.46. The molecule has 1 aromatic rings. The predicted molar refractivity (Wildman–Crippen MR) is 59.2 cm³/mol. The molecular weight excluding hydrogens is 206 g/mol. The Bertz CT molecular complexity index is 331. The topological polar surface area (TPSA) is 54.5 Å². The highest BCUT2D eigenvalue weighted by atomic mass is 16.5. The highest BCUT2D eigenvalue weighted by molar-refractivity contribution is 5.48. The molecule has 5 nitrogen and oxygen atoms in total. The van der Waals surface area contributed by atoms with Gasteiger partial charge in [-0.1, -0.05) is 6.07 Å². The molecule has 5 heteroatoms. The molecule has 16 heavy (non-hydrogen) atoms. The van der Waals surface area contributed by atoms with E-state index < -0.39 is 0 Å². The summed E-state index contributed by atoms with van der Waals surface area (Å²) in [5.74, 6) is 0.596. The lowest BCUT2D eigenvalue weighted by molar-refractivity contribution is -0.121. The molecule has 0 bridgehead atoms. The smallest absolute Gasteiger partial charge is 0.213 e. The number of pyridine rings is 1. The summed E-state index contributed by atoms with van der Waals surface area (Å²) in [4.78, 5) is 16.6. The molecular formula is C11H15N3O2. The Hall–Kier alpha value is -1.62.